The summed E-state index contributed by atoms with van der Waals surface area (Å²) in [5.41, 5.74) is 5.28. The van der Waals surface area contributed by atoms with Crippen molar-refractivity contribution in [2.75, 3.05) is 5.88 Å². The molecule has 200 valence electrons. The highest BCUT2D eigenvalue weighted by Gasteiger charge is 2.49. The average molecular weight is 527 g/mol. The van der Waals surface area contributed by atoms with Crippen LogP contribution in [0.15, 0.2) is 42.5 Å². The molecule has 1 saturated heterocycles. The topological polar surface area (TPSA) is 111 Å². The normalized spacial score (nSPS) is 18.1. The predicted molar refractivity (Wildman–Crippen MR) is 147 cm³/mol. The Bertz CT molecular complexity index is 1150. The number of thioether (sulfide) groups is 1. The number of urea groups is 1. The number of hydrogen-bond acceptors (Lipinski definition) is 5. The van der Waals surface area contributed by atoms with Crippen LogP contribution in [0, 0.1) is 20.8 Å². The van der Waals surface area contributed by atoms with Gasteiger partial charge in [-0.2, -0.15) is 0 Å². The van der Waals surface area contributed by atoms with Crippen molar-refractivity contribution in [1.82, 2.24) is 20.9 Å². The molecule has 1 aliphatic rings. The minimum Gasteiger partial charge on any atom is -0.381 e. The van der Waals surface area contributed by atoms with Crippen molar-refractivity contribution in [3.63, 3.8) is 0 Å². The van der Waals surface area contributed by atoms with Crippen molar-refractivity contribution in [3.8, 4) is 0 Å². The number of benzene rings is 2. The van der Waals surface area contributed by atoms with E-state index in [0.717, 1.165) is 27.8 Å². The third-order valence-electron chi connectivity index (χ3n) is 6.81. The van der Waals surface area contributed by atoms with Crippen molar-refractivity contribution in [1.29, 1.82) is 0 Å². The second kappa shape index (κ2) is 12.0. The van der Waals surface area contributed by atoms with E-state index < -0.39 is 34.9 Å². The quantitative estimate of drug-likeness (QED) is 0.422. The summed E-state index contributed by atoms with van der Waals surface area (Å²) in [7, 11) is 0. The standard InChI is InChI=1S/C28H38N4O4S/c1-17-11-12-22(19(3)13-17)15-30-27(36)31-20(4)23(33)26(35)32-16-37-28(5,6)24(32)25(34)29-14-21-10-8-7-9-18(21)2/h7-13,20,23-24,33H,14-16H2,1-6H3,(H,29,34)(H2,30,31,36). The number of carbonyl (C=O) groups excluding carboxylic acids is 3. The summed E-state index contributed by atoms with van der Waals surface area (Å²) in [6.07, 6.45) is -1.49. The van der Waals surface area contributed by atoms with Crippen molar-refractivity contribution in [3.05, 3.63) is 70.3 Å². The van der Waals surface area contributed by atoms with E-state index in [9.17, 15) is 19.5 Å². The Hall–Kier alpha value is -3.04. The summed E-state index contributed by atoms with van der Waals surface area (Å²) in [5.74, 6) is -0.585. The lowest BCUT2D eigenvalue weighted by atomic mass is 9.99. The smallest absolute Gasteiger partial charge is 0.315 e. The summed E-state index contributed by atoms with van der Waals surface area (Å²) >= 11 is 1.48. The van der Waals surface area contributed by atoms with Gasteiger partial charge >= 0.3 is 6.03 Å². The lowest BCUT2D eigenvalue weighted by Crippen LogP contribution is -2.58. The number of rotatable bonds is 8. The van der Waals surface area contributed by atoms with E-state index in [4.69, 9.17) is 0 Å². The monoisotopic (exact) mass is 526 g/mol. The minimum atomic E-state index is -1.49. The molecule has 0 bridgehead atoms. The summed E-state index contributed by atoms with van der Waals surface area (Å²) < 4.78 is -0.537. The van der Waals surface area contributed by atoms with E-state index in [2.05, 4.69) is 16.0 Å². The molecule has 0 saturated carbocycles. The second-order valence-electron chi connectivity index (χ2n) is 10.2. The van der Waals surface area contributed by atoms with Gasteiger partial charge in [0.1, 0.15) is 6.04 Å². The number of aliphatic hydroxyl groups excluding tert-OH is 1. The number of nitrogens with one attached hydrogen (secondary N) is 3. The summed E-state index contributed by atoms with van der Waals surface area (Å²) in [5, 5.41) is 19.2. The molecule has 3 unspecified atom stereocenters. The van der Waals surface area contributed by atoms with Gasteiger partial charge in [-0.3, -0.25) is 9.59 Å². The van der Waals surface area contributed by atoms with Crippen molar-refractivity contribution in [2.24, 2.45) is 0 Å². The molecule has 1 aliphatic heterocycles. The zero-order chi connectivity index (χ0) is 27.3. The minimum absolute atomic E-state index is 0.273. The molecule has 0 aromatic heterocycles. The second-order valence-corrected chi connectivity index (χ2v) is 11.8. The molecule has 9 heteroatoms. The zero-order valence-corrected chi connectivity index (χ0v) is 23.2. The average Bonchev–Trinajstić information content (AvgIpc) is 3.16. The molecule has 37 heavy (non-hydrogen) atoms. The SMILES string of the molecule is Cc1ccc(CNC(=O)NC(C)C(O)C(=O)N2CSC(C)(C)C2C(=O)NCc2ccccc2C)c(C)c1. The van der Waals surface area contributed by atoms with Gasteiger partial charge in [0.2, 0.25) is 5.91 Å². The number of nitrogens with zero attached hydrogens (tertiary/aromatic N) is 1. The van der Waals surface area contributed by atoms with E-state index in [1.54, 1.807) is 6.92 Å². The van der Waals surface area contributed by atoms with Crippen molar-refractivity contribution >= 4 is 29.6 Å². The molecule has 3 atom stereocenters. The van der Waals surface area contributed by atoms with Crippen LogP contribution in [0.25, 0.3) is 0 Å². The Kier molecular flexibility index (Phi) is 9.26. The Morgan fingerprint density at radius 3 is 2.35 bits per heavy atom. The molecule has 3 rings (SSSR count). The van der Waals surface area contributed by atoms with E-state index in [1.807, 2.05) is 77.1 Å². The van der Waals surface area contributed by atoms with Gasteiger partial charge in [-0.25, -0.2) is 4.79 Å². The Morgan fingerprint density at radius 1 is 1.03 bits per heavy atom. The largest absolute Gasteiger partial charge is 0.381 e. The van der Waals surface area contributed by atoms with Crippen LogP contribution >= 0.6 is 11.8 Å². The van der Waals surface area contributed by atoms with Gasteiger partial charge in [0.05, 0.1) is 11.9 Å². The van der Waals surface area contributed by atoms with Crippen LogP contribution in [0.3, 0.4) is 0 Å². The molecule has 4 N–H and O–H groups in total. The van der Waals surface area contributed by atoms with Crippen LogP contribution in [0.1, 0.15) is 48.6 Å². The van der Waals surface area contributed by atoms with Crippen LogP contribution in [-0.4, -0.2) is 56.7 Å². The fraction of sp³-hybridized carbons (Fsp3) is 0.464. The molecule has 1 fully saturated rings. The third-order valence-corrected chi connectivity index (χ3v) is 8.19. The molecular weight excluding hydrogens is 488 g/mol. The number of amides is 4. The van der Waals surface area contributed by atoms with E-state index >= 15 is 0 Å². The van der Waals surface area contributed by atoms with Gasteiger partial charge in [0.15, 0.2) is 6.10 Å². The van der Waals surface area contributed by atoms with Crippen LogP contribution in [0.4, 0.5) is 4.79 Å². The molecule has 0 aliphatic carbocycles. The van der Waals surface area contributed by atoms with Gasteiger partial charge in [-0.05, 0) is 63.8 Å². The van der Waals surface area contributed by atoms with Gasteiger partial charge in [0.25, 0.3) is 5.91 Å². The van der Waals surface area contributed by atoms with Crippen molar-refractivity contribution in [2.45, 2.75) is 77.6 Å². The van der Waals surface area contributed by atoms with Crippen molar-refractivity contribution < 1.29 is 19.5 Å². The highest BCUT2D eigenvalue weighted by Crippen LogP contribution is 2.39. The molecule has 4 amide bonds. The fourth-order valence-electron chi connectivity index (χ4n) is 4.44. The number of carbonyl (C=O) groups is 3. The molecule has 1 heterocycles. The van der Waals surface area contributed by atoms with Gasteiger partial charge in [-0.1, -0.05) is 48.0 Å². The van der Waals surface area contributed by atoms with E-state index in [1.165, 1.54) is 16.7 Å². The highest BCUT2D eigenvalue weighted by atomic mass is 32.2. The van der Waals surface area contributed by atoms with E-state index in [0.29, 0.717) is 13.1 Å². The van der Waals surface area contributed by atoms with Crippen LogP contribution in [0.2, 0.25) is 0 Å². The van der Waals surface area contributed by atoms with Crippen LogP contribution < -0.4 is 16.0 Å². The van der Waals surface area contributed by atoms with Gasteiger partial charge in [0, 0.05) is 17.8 Å². The third kappa shape index (κ3) is 7.05. The van der Waals surface area contributed by atoms with Crippen LogP contribution in [-0.2, 0) is 22.7 Å². The predicted octanol–water partition coefficient (Wildman–Crippen LogP) is 3.16. The van der Waals surface area contributed by atoms with E-state index in [-0.39, 0.29) is 11.8 Å². The number of aryl methyl sites for hydroxylation is 3. The first kappa shape index (κ1) is 28.5. The lowest BCUT2D eigenvalue weighted by Gasteiger charge is -2.32. The van der Waals surface area contributed by atoms with Crippen LogP contribution in [0.5, 0.6) is 0 Å². The summed E-state index contributed by atoms with van der Waals surface area (Å²) in [4.78, 5) is 40.3. The molecule has 0 spiro atoms. The number of hydrogen-bond donors (Lipinski definition) is 4. The Balaban J connectivity index is 1.59. The number of aliphatic hydroxyl groups is 1. The first-order chi connectivity index (χ1) is 17.4. The van der Waals surface area contributed by atoms with Gasteiger partial charge in [-0.15, -0.1) is 11.8 Å². The molecule has 0 radical (unpaired) electrons. The summed E-state index contributed by atoms with van der Waals surface area (Å²) in [6.45, 7) is 12.1. The maximum absolute atomic E-state index is 13.3. The lowest BCUT2D eigenvalue weighted by molar-refractivity contribution is -0.147. The first-order valence-electron chi connectivity index (χ1n) is 12.5. The Morgan fingerprint density at radius 2 is 1.68 bits per heavy atom. The first-order valence-corrected chi connectivity index (χ1v) is 13.4. The summed E-state index contributed by atoms with van der Waals surface area (Å²) in [6, 6.07) is 11.7. The maximum Gasteiger partial charge on any atom is 0.315 e. The fourth-order valence-corrected chi connectivity index (χ4v) is 5.58. The molecule has 2 aromatic rings. The van der Waals surface area contributed by atoms with Gasteiger partial charge < -0.3 is 26.0 Å². The Labute approximate surface area is 223 Å². The molecule has 8 nitrogen and oxygen atoms in total. The highest BCUT2D eigenvalue weighted by molar-refractivity contribution is 8.00. The maximum atomic E-state index is 13.3. The zero-order valence-electron chi connectivity index (χ0n) is 22.4. The molecular formula is C28H38N4O4S. The molecule has 2 aromatic carbocycles.